The molecule has 1 atom stereocenters. The number of nitrogens with zero attached hydrogens (tertiary/aromatic N) is 2. The zero-order chi connectivity index (χ0) is 22.3. The number of benzene rings is 1. The van der Waals surface area contributed by atoms with Crippen LogP contribution in [0.1, 0.15) is 39.7 Å². The monoisotopic (exact) mass is 425 g/mol. The van der Waals surface area contributed by atoms with Crippen LogP contribution in [0.15, 0.2) is 30.5 Å². The normalized spacial score (nSPS) is 12.5. The number of halogens is 3. The number of anilines is 1. The molecule has 1 amide bonds. The zero-order valence-corrected chi connectivity index (χ0v) is 17.4. The second kappa shape index (κ2) is 10.3. The predicted molar refractivity (Wildman–Crippen MR) is 107 cm³/mol. The summed E-state index contributed by atoms with van der Waals surface area (Å²) < 4.78 is 51.1. The average Bonchev–Trinajstić information content (AvgIpc) is 2.65. The van der Waals surface area contributed by atoms with E-state index in [1.54, 1.807) is 6.92 Å². The van der Waals surface area contributed by atoms with Crippen LogP contribution in [0.4, 0.5) is 23.9 Å². The lowest BCUT2D eigenvalue weighted by atomic mass is 10.00. The first-order chi connectivity index (χ1) is 14.1. The van der Waals surface area contributed by atoms with Crippen LogP contribution in [0.5, 0.6) is 5.75 Å². The summed E-state index contributed by atoms with van der Waals surface area (Å²) in [6, 6.07) is 5.23. The molecule has 9 heteroatoms. The summed E-state index contributed by atoms with van der Waals surface area (Å²) in [5, 5.41) is 2.33. The maximum absolute atomic E-state index is 13.6. The van der Waals surface area contributed by atoms with Crippen molar-refractivity contribution < 1.29 is 27.4 Å². The molecule has 6 nitrogen and oxygen atoms in total. The van der Waals surface area contributed by atoms with Gasteiger partial charge in [0.25, 0.3) is 0 Å². The molecule has 1 aromatic heterocycles. The minimum Gasteiger partial charge on any atom is -0.493 e. The largest absolute Gasteiger partial charge is 0.493 e. The number of hydrogen-bond acceptors (Lipinski definition) is 5. The molecule has 1 aromatic carbocycles. The van der Waals surface area contributed by atoms with Crippen LogP contribution >= 0.6 is 0 Å². The van der Waals surface area contributed by atoms with Gasteiger partial charge in [-0.15, -0.1) is 0 Å². The van der Waals surface area contributed by atoms with Crippen molar-refractivity contribution in [2.75, 3.05) is 18.5 Å². The van der Waals surface area contributed by atoms with Crippen molar-refractivity contribution >= 4 is 12.0 Å². The Kier molecular flexibility index (Phi) is 8.02. The van der Waals surface area contributed by atoms with Crippen LogP contribution in [-0.4, -0.2) is 29.3 Å². The van der Waals surface area contributed by atoms with Gasteiger partial charge in [0, 0.05) is 11.8 Å². The van der Waals surface area contributed by atoms with Crippen LogP contribution in [0.3, 0.4) is 0 Å². The topological polar surface area (TPSA) is 73.3 Å². The van der Waals surface area contributed by atoms with E-state index in [2.05, 4.69) is 29.1 Å². The van der Waals surface area contributed by atoms with E-state index in [0.29, 0.717) is 5.92 Å². The van der Waals surface area contributed by atoms with E-state index in [0.717, 1.165) is 12.5 Å². The van der Waals surface area contributed by atoms with Gasteiger partial charge in [0.05, 0.1) is 24.5 Å². The summed E-state index contributed by atoms with van der Waals surface area (Å²) in [5.74, 6) is 0.274. The maximum atomic E-state index is 13.6. The summed E-state index contributed by atoms with van der Waals surface area (Å²) in [5.41, 5.74) is -0.434. The molecule has 0 aliphatic heterocycles. The molecule has 0 bridgehead atoms. The molecule has 1 unspecified atom stereocenters. The molecule has 0 fully saturated rings. The van der Waals surface area contributed by atoms with Crippen molar-refractivity contribution in [2.24, 2.45) is 11.8 Å². The van der Waals surface area contributed by atoms with Gasteiger partial charge in [0.2, 0.25) is 5.95 Å². The van der Waals surface area contributed by atoms with Crippen molar-refractivity contribution in [3.63, 3.8) is 0 Å². The van der Waals surface area contributed by atoms with Gasteiger partial charge in [-0.1, -0.05) is 20.8 Å². The molecule has 0 saturated heterocycles. The molecule has 2 rings (SSSR count). The highest BCUT2D eigenvalue weighted by atomic mass is 19.4. The SMILES string of the molecule is CCOC(=O)Nc1nccc(-c2ccc(OCC(C)CC(C)C)c(C(F)(F)F)c2)n1. The molecule has 0 radical (unpaired) electrons. The highest BCUT2D eigenvalue weighted by Gasteiger charge is 2.35. The summed E-state index contributed by atoms with van der Waals surface area (Å²) in [6.45, 7) is 8.06. The van der Waals surface area contributed by atoms with Gasteiger partial charge in [-0.25, -0.2) is 14.8 Å². The second-order valence-electron chi connectivity index (χ2n) is 7.37. The number of rotatable bonds is 8. The smallest absolute Gasteiger partial charge is 0.419 e. The van der Waals surface area contributed by atoms with Crippen molar-refractivity contribution in [1.82, 2.24) is 9.97 Å². The van der Waals surface area contributed by atoms with E-state index in [-0.39, 0.29) is 42.1 Å². The molecule has 30 heavy (non-hydrogen) atoms. The highest BCUT2D eigenvalue weighted by Crippen LogP contribution is 2.39. The Morgan fingerprint density at radius 2 is 1.93 bits per heavy atom. The van der Waals surface area contributed by atoms with E-state index in [9.17, 15) is 18.0 Å². The molecule has 0 spiro atoms. The number of alkyl halides is 3. The first-order valence-corrected chi connectivity index (χ1v) is 9.71. The Hall–Kier alpha value is -2.84. The maximum Gasteiger partial charge on any atom is 0.419 e. The standard InChI is InChI=1S/C21H26F3N3O3/c1-5-29-20(28)27-19-25-9-8-17(26-19)15-6-7-18(16(11-15)21(22,23)24)30-12-14(4)10-13(2)3/h6-9,11,13-14H,5,10,12H2,1-4H3,(H,25,26,27,28). The van der Waals surface area contributed by atoms with Gasteiger partial charge >= 0.3 is 12.3 Å². The van der Waals surface area contributed by atoms with E-state index < -0.39 is 17.8 Å². The molecule has 164 valence electrons. The molecular weight excluding hydrogens is 399 g/mol. The second-order valence-corrected chi connectivity index (χ2v) is 7.37. The molecule has 0 aliphatic rings. The molecule has 0 saturated carbocycles. The molecular formula is C21H26F3N3O3. The Balaban J connectivity index is 2.27. The first kappa shape index (κ1) is 23.4. The minimum absolute atomic E-state index is 0.0673. The average molecular weight is 425 g/mol. The Morgan fingerprint density at radius 1 is 1.20 bits per heavy atom. The van der Waals surface area contributed by atoms with Crippen LogP contribution in [-0.2, 0) is 10.9 Å². The van der Waals surface area contributed by atoms with Crippen LogP contribution in [0.25, 0.3) is 11.3 Å². The lowest BCUT2D eigenvalue weighted by Crippen LogP contribution is -2.15. The van der Waals surface area contributed by atoms with Crippen LogP contribution in [0, 0.1) is 11.8 Å². The fourth-order valence-electron chi connectivity index (χ4n) is 2.98. The third-order valence-electron chi connectivity index (χ3n) is 4.12. The predicted octanol–water partition coefficient (Wildman–Crippen LogP) is 5.79. The fraction of sp³-hybridized carbons (Fsp3) is 0.476. The van der Waals surface area contributed by atoms with Crippen molar-refractivity contribution in [3.05, 3.63) is 36.0 Å². The lowest BCUT2D eigenvalue weighted by molar-refractivity contribution is -0.139. The van der Waals surface area contributed by atoms with Gasteiger partial charge < -0.3 is 9.47 Å². The fourth-order valence-corrected chi connectivity index (χ4v) is 2.98. The van der Waals surface area contributed by atoms with Crippen LogP contribution < -0.4 is 10.1 Å². The summed E-state index contributed by atoms with van der Waals surface area (Å²) in [4.78, 5) is 19.5. The number of aromatic nitrogens is 2. The lowest BCUT2D eigenvalue weighted by Gasteiger charge is -2.19. The van der Waals surface area contributed by atoms with Crippen molar-refractivity contribution in [1.29, 1.82) is 0 Å². The van der Waals surface area contributed by atoms with E-state index in [1.165, 1.54) is 24.4 Å². The van der Waals surface area contributed by atoms with Gasteiger partial charge in [-0.3, -0.25) is 5.32 Å². The number of hydrogen-bond donors (Lipinski definition) is 1. The Labute approximate surface area is 173 Å². The Morgan fingerprint density at radius 3 is 2.57 bits per heavy atom. The van der Waals surface area contributed by atoms with E-state index in [4.69, 9.17) is 9.47 Å². The number of amides is 1. The summed E-state index contributed by atoms with van der Waals surface area (Å²) in [6.07, 6.45) is -3.14. The van der Waals surface area contributed by atoms with Gasteiger partial charge in [0.1, 0.15) is 5.75 Å². The minimum atomic E-state index is -4.59. The molecule has 2 aromatic rings. The first-order valence-electron chi connectivity index (χ1n) is 9.71. The van der Waals surface area contributed by atoms with Crippen molar-refractivity contribution in [2.45, 2.75) is 40.3 Å². The van der Waals surface area contributed by atoms with Gasteiger partial charge in [-0.05, 0) is 49.4 Å². The third-order valence-corrected chi connectivity index (χ3v) is 4.12. The highest BCUT2D eigenvalue weighted by molar-refractivity contribution is 5.82. The van der Waals surface area contributed by atoms with Gasteiger partial charge in [0.15, 0.2) is 0 Å². The number of nitrogens with one attached hydrogen (secondary N) is 1. The van der Waals surface area contributed by atoms with E-state index >= 15 is 0 Å². The van der Waals surface area contributed by atoms with Crippen LogP contribution in [0.2, 0.25) is 0 Å². The molecule has 1 heterocycles. The molecule has 1 N–H and O–H groups in total. The zero-order valence-electron chi connectivity index (χ0n) is 17.4. The Bertz CT molecular complexity index is 857. The van der Waals surface area contributed by atoms with E-state index in [1.807, 2.05) is 6.92 Å². The summed E-state index contributed by atoms with van der Waals surface area (Å²) >= 11 is 0. The molecule has 0 aliphatic carbocycles. The summed E-state index contributed by atoms with van der Waals surface area (Å²) in [7, 11) is 0. The number of carbonyl (C=O) groups excluding carboxylic acids is 1. The van der Waals surface area contributed by atoms with Gasteiger partial charge in [-0.2, -0.15) is 13.2 Å². The number of ether oxygens (including phenoxy) is 2. The van der Waals surface area contributed by atoms with Crippen molar-refractivity contribution in [3.8, 4) is 17.0 Å². The number of carbonyl (C=O) groups is 1. The third kappa shape index (κ3) is 6.89. The quantitative estimate of drug-likeness (QED) is 0.579.